The first-order chi connectivity index (χ1) is 16.0. The van der Waals surface area contributed by atoms with Crippen molar-refractivity contribution >= 4 is 28.4 Å². The summed E-state index contributed by atoms with van der Waals surface area (Å²) in [6, 6.07) is 23.3. The van der Waals surface area contributed by atoms with E-state index in [0.29, 0.717) is 18.4 Å². The predicted octanol–water partition coefficient (Wildman–Crippen LogP) is 4.34. The number of phenols is 1. The molecule has 0 aliphatic rings. The zero-order valence-corrected chi connectivity index (χ0v) is 17.7. The summed E-state index contributed by atoms with van der Waals surface area (Å²) >= 11 is 0. The predicted molar refractivity (Wildman–Crippen MR) is 124 cm³/mol. The molecule has 8 nitrogen and oxygen atoms in total. The highest BCUT2D eigenvalue weighted by molar-refractivity contribution is 5.99. The number of carbonyl (C=O) groups is 2. The SMILES string of the molecule is O=C(CNC(=O)c1ccccc1O)N=Nc1c(O)n(CCc2ccccc2)c2ccccc12. The van der Waals surface area contributed by atoms with Crippen LogP contribution in [-0.4, -0.2) is 33.1 Å². The monoisotopic (exact) mass is 442 g/mol. The number of carbonyl (C=O) groups excluding carboxylic acids is 2. The number of aromatic hydroxyl groups is 2. The van der Waals surface area contributed by atoms with Crippen molar-refractivity contribution in [3.05, 3.63) is 90.0 Å². The number of para-hydroxylation sites is 2. The Kier molecular flexibility index (Phi) is 6.45. The molecule has 0 radical (unpaired) electrons. The molecular formula is C25H22N4O4. The van der Waals surface area contributed by atoms with E-state index in [1.807, 2.05) is 48.5 Å². The molecule has 4 aromatic rings. The number of amides is 2. The first-order valence-electron chi connectivity index (χ1n) is 10.4. The fourth-order valence-corrected chi connectivity index (χ4v) is 3.54. The summed E-state index contributed by atoms with van der Waals surface area (Å²) in [6.45, 7) is 0.126. The van der Waals surface area contributed by atoms with Crippen LogP contribution in [0.1, 0.15) is 15.9 Å². The van der Waals surface area contributed by atoms with Crippen molar-refractivity contribution in [1.82, 2.24) is 9.88 Å². The van der Waals surface area contributed by atoms with Crippen LogP contribution in [0, 0.1) is 0 Å². The maximum absolute atomic E-state index is 12.2. The van der Waals surface area contributed by atoms with E-state index in [9.17, 15) is 19.8 Å². The van der Waals surface area contributed by atoms with Crippen LogP contribution in [0.15, 0.2) is 89.1 Å². The molecule has 3 aromatic carbocycles. The third kappa shape index (κ3) is 4.90. The van der Waals surface area contributed by atoms with Gasteiger partial charge < -0.3 is 20.1 Å². The van der Waals surface area contributed by atoms with E-state index in [0.717, 1.165) is 11.1 Å². The number of fused-ring (bicyclic) bond motifs is 1. The lowest BCUT2D eigenvalue weighted by molar-refractivity contribution is -0.117. The summed E-state index contributed by atoms with van der Waals surface area (Å²) < 4.78 is 1.74. The van der Waals surface area contributed by atoms with Crippen LogP contribution >= 0.6 is 0 Å². The highest BCUT2D eigenvalue weighted by atomic mass is 16.3. The van der Waals surface area contributed by atoms with Crippen molar-refractivity contribution < 1.29 is 19.8 Å². The maximum atomic E-state index is 12.2. The van der Waals surface area contributed by atoms with E-state index < -0.39 is 18.4 Å². The summed E-state index contributed by atoms with van der Waals surface area (Å²) in [6.07, 6.45) is 0.709. The Labute approximate surface area is 189 Å². The number of hydrogen-bond donors (Lipinski definition) is 3. The second kappa shape index (κ2) is 9.78. The number of aryl methyl sites for hydroxylation is 2. The summed E-state index contributed by atoms with van der Waals surface area (Å²) in [7, 11) is 0. The highest BCUT2D eigenvalue weighted by Gasteiger charge is 2.17. The summed E-state index contributed by atoms with van der Waals surface area (Å²) in [5.41, 5.74) is 2.16. The molecule has 8 heteroatoms. The Morgan fingerprint density at radius 3 is 2.36 bits per heavy atom. The largest absolute Gasteiger partial charge is 0.507 e. The van der Waals surface area contributed by atoms with E-state index >= 15 is 0 Å². The smallest absolute Gasteiger partial charge is 0.283 e. The van der Waals surface area contributed by atoms with Crippen molar-refractivity contribution in [3.63, 3.8) is 0 Å². The molecule has 0 saturated heterocycles. The van der Waals surface area contributed by atoms with Gasteiger partial charge in [-0.05, 0) is 30.2 Å². The fraction of sp³-hybridized carbons (Fsp3) is 0.120. The van der Waals surface area contributed by atoms with Gasteiger partial charge in [-0.3, -0.25) is 9.59 Å². The summed E-state index contributed by atoms with van der Waals surface area (Å²) in [5, 5.41) is 31.2. The highest BCUT2D eigenvalue weighted by Crippen LogP contribution is 2.38. The molecule has 0 spiro atoms. The van der Waals surface area contributed by atoms with Gasteiger partial charge in [-0.1, -0.05) is 60.7 Å². The lowest BCUT2D eigenvalue weighted by Crippen LogP contribution is -2.28. The normalized spacial score (nSPS) is 11.2. The minimum Gasteiger partial charge on any atom is -0.507 e. The van der Waals surface area contributed by atoms with Gasteiger partial charge >= 0.3 is 0 Å². The molecule has 1 heterocycles. The zero-order chi connectivity index (χ0) is 23.2. The number of nitrogens with one attached hydrogen (secondary N) is 1. The minimum absolute atomic E-state index is 0.0568. The summed E-state index contributed by atoms with van der Waals surface area (Å²) in [4.78, 5) is 24.3. The van der Waals surface area contributed by atoms with Gasteiger partial charge in [-0.25, -0.2) is 0 Å². The van der Waals surface area contributed by atoms with Crippen molar-refractivity contribution in [3.8, 4) is 11.6 Å². The van der Waals surface area contributed by atoms with E-state index in [4.69, 9.17) is 0 Å². The van der Waals surface area contributed by atoms with Crippen molar-refractivity contribution in [2.75, 3.05) is 6.54 Å². The Hall–Kier alpha value is -4.46. The van der Waals surface area contributed by atoms with Crippen molar-refractivity contribution in [2.24, 2.45) is 10.2 Å². The Morgan fingerprint density at radius 1 is 0.879 bits per heavy atom. The van der Waals surface area contributed by atoms with Gasteiger partial charge in [0.2, 0.25) is 5.88 Å². The topological polar surface area (TPSA) is 116 Å². The molecule has 1 aromatic heterocycles. The molecule has 0 bridgehead atoms. The molecule has 3 N–H and O–H groups in total. The average Bonchev–Trinajstić information content (AvgIpc) is 3.11. The molecule has 0 atom stereocenters. The number of phenolic OH excluding ortho intramolecular Hbond substituents is 1. The number of aromatic nitrogens is 1. The number of benzene rings is 3. The van der Waals surface area contributed by atoms with Crippen molar-refractivity contribution in [2.45, 2.75) is 13.0 Å². The van der Waals surface area contributed by atoms with Gasteiger partial charge in [-0.15, -0.1) is 10.2 Å². The third-order valence-electron chi connectivity index (χ3n) is 5.19. The standard InChI is InChI=1S/C25H22N4O4/c30-21-13-7-5-11-19(21)24(32)26-16-22(31)27-28-23-18-10-4-6-12-20(18)29(25(23)33)15-14-17-8-2-1-3-9-17/h1-13,30,33H,14-16H2,(H,26,32). The van der Waals surface area contributed by atoms with Gasteiger partial charge in [0.25, 0.3) is 11.8 Å². The van der Waals surface area contributed by atoms with Gasteiger partial charge in [0.15, 0.2) is 5.69 Å². The van der Waals surface area contributed by atoms with E-state index in [-0.39, 0.29) is 22.9 Å². The molecule has 4 rings (SSSR count). The molecule has 2 amide bonds. The van der Waals surface area contributed by atoms with Crippen LogP contribution in [-0.2, 0) is 17.8 Å². The number of hydrogen-bond acceptors (Lipinski definition) is 5. The van der Waals surface area contributed by atoms with Crippen LogP contribution in [0.4, 0.5) is 5.69 Å². The van der Waals surface area contributed by atoms with Crippen LogP contribution in [0.3, 0.4) is 0 Å². The Morgan fingerprint density at radius 2 is 1.58 bits per heavy atom. The van der Waals surface area contributed by atoms with Crippen LogP contribution in [0.5, 0.6) is 11.6 Å². The van der Waals surface area contributed by atoms with Crippen LogP contribution in [0.2, 0.25) is 0 Å². The lowest BCUT2D eigenvalue weighted by atomic mass is 10.1. The molecule has 0 unspecified atom stereocenters. The summed E-state index contributed by atoms with van der Waals surface area (Å²) in [5.74, 6) is -1.56. The van der Waals surface area contributed by atoms with Gasteiger partial charge in [0.1, 0.15) is 12.3 Å². The molecular weight excluding hydrogens is 420 g/mol. The Bertz CT molecular complexity index is 1330. The van der Waals surface area contributed by atoms with E-state index in [1.54, 1.807) is 22.8 Å². The lowest BCUT2D eigenvalue weighted by Gasteiger charge is -2.07. The first-order valence-corrected chi connectivity index (χ1v) is 10.4. The molecule has 0 aliphatic carbocycles. The zero-order valence-electron chi connectivity index (χ0n) is 17.7. The maximum Gasteiger partial charge on any atom is 0.283 e. The number of nitrogens with zero attached hydrogens (tertiary/aromatic N) is 3. The second-order valence-corrected chi connectivity index (χ2v) is 7.37. The molecule has 166 valence electrons. The molecule has 0 saturated carbocycles. The van der Waals surface area contributed by atoms with Crippen LogP contribution in [0.25, 0.3) is 10.9 Å². The Balaban J connectivity index is 1.48. The van der Waals surface area contributed by atoms with Gasteiger partial charge in [0, 0.05) is 11.9 Å². The first kappa shape index (κ1) is 21.8. The number of rotatable bonds is 7. The molecule has 0 fully saturated rings. The van der Waals surface area contributed by atoms with Gasteiger partial charge in [0.05, 0.1) is 11.1 Å². The van der Waals surface area contributed by atoms with Crippen LogP contribution < -0.4 is 5.32 Å². The minimum atomic E-state index is -0.695. The molecule has 33 heavy (non-hydrogen) atoms. The van der Waals surface area contributed by atoms with Gasteiger partial charge in [-0.2, -0.15) is 0 Å². The third-order valence-corrected chi connectivity index (χ3v) is 5.19. The molecule has 0 aliphatic heterocycles. The quantitative estimate of drug-likeness (QED) is 0.369. The number of azo groups is 1. The second-order valence-electron chi connectivity index (χ2n) is 7.37. The van der Waals surface area contributed by atoms with E-state index in [1.165, 1.54) is 12.1 Å². The fourth-order valence-electron chi connectivity index (χ4n) is 3.54. The average molecular weight is 442 g/mol. The van der Waals surface area contributed by atoms with Crippen molar-refractivity contribution in [1.29, 1.82) is 0 Å². The van der Waals surface area contributed by atoms with E-state index in [2.05, 4.69) is 15.5 Å².